The predicted octanol–water partition coefficient (Wildman–Crippen LogP) is 1.21. The van der Waals surface area contributed by atoms with E-state index in [1.54, 1.807) is 18.6 Å². The van der Waals surface area contributed by atoms with E-state index in [1.165, 1.54) is 6.08 Å². The Bertz CT molecular complexity index is 244. The lowest BCUT2D eigenvalue weighted by atomic mass is 10.4. The van der Waals surface area contributed by atoms with Gasteiger partial charge in [0.2, 0.25) is 0 Å². The van der Waals surface area contributed by atoms with E-state index in [-0.39, 0.29) is 0 Å². The van der Waals surface area contributed by atoms with Crippen molar-refractivity contribution in [2.24, 2.45) is 0 Å². The van der Waals surface area contributed by atoms with Crippen molar-refractivity contribution < 1.29 is 4.79 Å². The van der Waals surface area contributed by atoms with Gasteiger partial charge in [-0.3, -0.25) is 9.78 Å². The van der Waals surface area contributed by atoms with E-state index in [0.717, 1.165) is 5.69 Å². The summed E-state index contributed by atoms with van der Waals surface area (Å²) in [5.74, 6) is 0. The van der Waals surface area contributed by atoms with Gasteiger partial charge < -0.3 is 5.32 Å². The van der Waals surface area contributed by atoms with Gasteiger partial charge in [0.05, 0.1) is 11.9 Å². The molecule has 0 fully saturated rings. The fraction of sp³-hybridized carbons (Fsp3) is 0. The number of carbonyl (C=O) groups is 1. The van der Waals surface area contributed by atoms with Crippen LogP contribution in [0.25, 0.3) is 0 Å². The molecule has 0 radical (unpaired) electrons. The first-order valence-corrected chi connectivity index (χ1v) is 3.20. The predicted molar refractivity (Wildman–Crippen MR) is 43.1 cm³/mol. The number of aromatic nitrogens is 1. The largest absolute Gasteiger partial charge is 0.360 e. The van der Waals surface area contributed by atoms with Crippen molar-refractivity contribution in [3.8, 4) is 0 Å². The van der Waals surface area contributed by atoms with Crippen LogP contribution in [0.2, 0.25) is 0 Å². The normalized spacial score (nSPS) is 9.82. The van der Waals surface area contributed by atoms with E-state index in [4.69, 9.17) is 0 Å². The Kier molecular flexibility index (Phi) is 2.86. The number of hydrogen-bond acceptors (Lipinski definition) is 3. The van der Waals surface area contributed by atoms with Crippen LogP contribution in [-0.2, 0) is 4.79 Å². The zero-order valence-corrected chi connectivity index (χ0v) is 5.90. The van der Waals surface area contributed by atoms with Gasteiger partial charge in [0.1, 0.15) is 6.29 Å². The van der Waals surface area contributed by atoms with Gasteiger partial charge in [0.25, 0.3) is 0 Å². The Morgan fingerprint density at radius 3 is 3.09 bits per heavy atom. The molecule has 1 aromatic heterocycles. The molecular formula is C8H8N2O. The molecule has 0 saturated carbocycles. The molecule has 0 aliphatic rings. The van der Waals surface area contributed by atoms with Crippen molar-refractivity contribution in [2.45, 2.75) is 0 Å². The second-order valence-corrected chi connectivity index (χ2v) is 1.88. The SMILES string of the molecule is O=C/C=C/Nc1cccnc1. The van der Waals surface area contributed by atoms with Crippen molar-refractivity contribution in [3.05, 3.63) is 36.8 Å². The molecule has 56 valence electrons. The van der Waals surface area contributed by atoms with Gasteiger partial charge in [0.15, 0.2) is 0 Å². The smallest absolute Gasteiger partial charge is 0.144 e. The highest BCUT2D eigenvalue weighted by atomic mass is 16.1. The van der Waals surface area contributed by atoms with Crippen molar-refractivity contribution in [1.82, 2.24) is 4.98 Å². The molecule has 0 amide bonds. The van der Waals surface area contributed by atoms with Crippen LogP contribution in [0.4, 0.5) is 5.69 Å². The maximum absolute atomic E-state index is 9.85. The molecule has 0 bridgehead atoms. The second-order valence-electron chi connectivity index (χ2n) is 1.88. The van der Waals surface area contributed by atoms with Gasteiger partial charge >= 0.3 is 0 Å². The minimum absolute atomic E-state index is 0.712. The summed E-state index contributed by atoms with van der Waals surface area (Å²) in [4.78, 5) is 13.7. The number of pyridine rings is 1. The highest BCUT2D eigenvalue weighted by Gasteiger charge is 1.82. The molecule has 3 nitrogen and oxygen atoms in total. The number of aldehydes is 1. The van der Waals surface area contributed by atoms with E-state index in [0.29, 0.717) is 6.29 Å². The molecule has 0 aliphatic carbocycles. The number of rotatable bonds is 3. The Balaban J connectivity index is 2.51. The highest BCUT2D eigenvalue weighted by molar-refractivity contribution is 5.65. The van der Waals surface area contributed by atoms with Crippen LogP contribution >= 0.6 is 0 Å². The van der Waals surface area contributed by atoms with Crippen molar-refractivity contribution in [2.75, 3.05) is 5.32 Å². The zero-order chi connectivity index (χ0) is 7.94. The molecule has 0 spiro atoms. The van der Waals surface area contributed by atoms with Crippen LogP contribution in [0.5, 0.6) is 0 Å². The first kappa shape index (κ1) is 7.47. The Labute approximate surface area is 64.8 Å². The van der Waals surface area contributed by atoms with Crippen LogP contribution in [0.3, 0.4) is 0 Å². The molecule has 11 heavy (non-hydrogen) atoms. The van der Waals surface area contributed by atoms with Gasteiger partial charge in [-0.15, -0.1) is 0 Å². The summed E-state index contributed by atoms with van der Waals surface area (Å²) in [6.07, 6.45) is 7.02. The summed E-state index contributed by atoms with van der Waals surface area (Å²) in [5.41, 5.74) is 0.866. The lowest BCUT2D eigenvalue weighted by molar-refractivity contribution is -0.104. The summed E-state index contributed by atoms with van der Waals surface area (Å²) in [6.45, 7) is 0. The molecule has 1 rings (SSSR count). The number of nitrogens with zero attached hydrogens (tertiary/aromatic N) is 1. The van der Waals surface area contributed by atoms with Crippen molar-refractivity contribution in [1.29, 1.82) is 0 Å². The lowest BCUT2D eigenvalue weighted by Crippen LogP contribution is -1.86. The number of allylic oxidation sites excluding steroid dienone is 1. The van der Waals surface area contributed by atoms with E-state index in [1.807, 2.05) is 12.1 Å². The number of anilines is 1. The lowest BCUT2D eigenvalue weighted by Gasteiger charge is -1.95. The first-order valence-electron chi connectivity index (χ1n) is 3.20. The van der Waals surface area contributed by atoms with Gasteiger partial charge in [-0.25, -0.2) is 0 Å². The average molecular weight is 148 g/mol. The maximum Gasteiger partial charge on any atom is 0.144 e. The van der Waals surface area contributed by atoms with Gasteiger partial charge in [-0.1, -0.05) is 0 Å². The first-order chi connectivity index (χ1) is 5.43. The topological polar surface area (TPSA) is 42.0 Å². The van der Waals surface area contributed by atoms with Crippen LogP contribution < -0.4 is 5.32 Å². The number of hydrogen-bond donors (Lipinski definition) is 1. The molecule has 0 atom stereocenters. The molecule has 0 saturated heterocycles. The monoisotopic (exact) mass is 148 g/mol. The summed E-state index contributed by atoms with van der Waals surface area (Å²) < 4.78 is 0. The molecule has 0 unspecified atom stereocenters. The fourth-order valence-electron chi connectivity index (χ4n) is 0.632. The molecule has 0 aromatic carbocycles. The van der Waals surface area contributed by atoms with E-state index < -0.39 is 0 Å². The molecule has 1 heterocycles. The Morgan fingerprint density at radius 2 is 2.45 bits per heavy atom. The standard InChI is InChI=1S/C8H8N2O/c11-6-2-5-10-8-3-1-4-9-7-8/h1-7,10H/b5-2+. The summed E-state index contributed by atoms with van der Waals surface area (Å²) in [6, 6.07) is 3.68. The van der Waals surface area contributed by atoms with Crippen LogP contribution in [0.1, 0.15) is 0 Å². The van der Waals surface area contributed by atoms with E-state index in [9.17, 15) is 4.79 Å². The number of nitrogens with one attached hydrogen (secondary N) is 1. The van der Waals surface area contributed by atoms with Crippen LogP contribution in [-0.4, -0.2) is 11.3 Å². The quantitative estimate of drug-likeness (QED) is 0.517. The maximum atomic E-state index is 9.85. The molecular weight excluding hydrogens is 140 g/mol. The van der Waals surface area contributed by atoms with Gasteiger partial charge in [0, 0.05) is 12.4 Å². The Hall–Kier alpha value is -1.64. The molecule has 3 heteroatoms. The zero-order valence-electron chi connectivity index (χ0n) is 5.90. The third-order valence-electron chi connectivity index (χ3n) is 1.09. The second kappa shape index (κ2) is 4.22. The van der Waals surface area contributed by atoms with E-state index >= 15 is 0 Å². The minimum Gasteiger partial charge on any atom is -0.360 e. The van der Waals surface area contributed by atoms with Crippen LogP contribution in [0.15, 0.2) is 36.8 Å². The highest BCUT2D eigenvalue weighted by Crippen LogP contribution is 2.01. The van der Waals surface area contributed by atoms with Crippen molar-refractivity contribution in [3.63, 3.8) is 0 Å². The average Bonchev–Trinajstić information content (AvgIpc) is 2.07. The van der Waals surface area contributed by atoms with Gasteiger partial charge in [-0.05, 0) is 18.2 Å². The summed E-state index contributed by atoms with van der Waals surface area (Å²) in [7, 11) is 0. The summed E-state index contributed by atoms with van der Waals surface area (Å²) >= 11 is 0. The third kappa shape index (κ3) is 2.62. The van der Waals surface area contributed by atoms with Crippen LogP contribution in [0, 0.1) is 0 Å². The van der Waals surface area contributed by atoms with Gasteiger partial charge in [-0.2, -0.15) is 0 Å². The third-order valence-corrected chi connectivity index (χ3v) is 1.09. The minimum atomic E-state index is 0.712. The molecule has 1 N–H and O–H groups in total. The summed E-state index contributed by atoms with van der Waals surface area (Å²) in [5, 5.41) is 2.87. The molecule has 1 aromatic rings. The van der Waals surface area contributed by atoms with E-state index in [2.05, 4.69) is 10.3 Å². The Morgan fingerprint density at radius 1 is 1.55 bits per heavy atom. The fourth-order valence-corrected chi connectivity index (χ4v) is 0.632. The number of carbonyl (C=O) groups excluding carboxylic acids is 1. The van der Waals surface area contributed by atoms with Crippen molar-refractivity contribution >= 4 is 12.0 Å². The molecule has 0 aliphatic heterocycles.